The first-order chi connectivity index (χ1) is 15.0. The second-order valence-corrected chi connectivity index (χ2v) is 11.0. The summed E-state index contributed by atoms with van der Waals surface area (Å²) in [5, 5.41) is 21.0. The Hall–Kier alpha value is -1.09. The van der Waals surface area contributed by atoms with E-state index in [1.54, 1.807) is 13.0 Å². The van der Waals surface area contributed by atoms with Crippen molar-refractivity contribution in [1.29, 1.82) is 0 Å². The molecule has 2 atom stereocenters. The molecular weight excluding hydrogens is 473 g/mol. The Morgan fingerprint density at radius 2 is 2.00 bits per heavy atom. The molecule has 1 aliphatic rings. The van der Waals surface area contributed by atoms with Gasteiger partial charge in [-0.05, 0) is 73.4 Å². The van der Waals surface area contributed by atoms with Crippen LogP contribution in [0.4, 0.5) is 0 Å². The van der Waals surface area contributed by atoms with Crippen LogP contribution in [0.1, 0.15) is 49.7 Å². The maximum Gasteiger partial charge on any atom is 0.469 e. The van der Waals surface area contributed by atoms with Crippen molar-refractivity contribution < 1.29 is 29.1 Å². The molecule has 0 radical (unpaired) electrons. The fourth-order valence-corrected chi connectivity index (χ4v) is 5.20. The van der Waals surface area contributed by atoms with Crippen molar-refractivity contribution in [1.82, 2.24) is 0 Å². The fourth-order valence-electron chi connectivity index (χ4n) is 3.52. The second-order valence-electron chi connectivity index (χ2n) is 8.28. The van der Waals surface area contributed by atoms with Gasteiger partial charge in [-0.1, -0.05) is 42.4 Å². The largest absolute Gasteiger partial charge is 0.507 e. The Balaban J connectivity index is 1.69. The standard InChI is InChI=1S/C22H29ClNO6PS/c1-2-21(26)22(24,13-30-31(27,28)29)10-9-15-5-7-17(12-18(15)23)32-20-11-16(14-3-4-14)6-8-19(20)25/h5-8,11-12,14,21,25-26H,2-4,9-10,13,24H2,1H3,(H2,27,28,29)/t21?,22-/m1/s1. The zero-order valence-electron chi connectivity index (χ0n) is 17.8. The number of hydrogen-bond acceptors (Lipinski definition) is 6. The number of phosphoric acid groups is 1. The van der Waals surface area contributed by atoms with Gasteiger partial charge in [0, 0.05) is 9.92 Å². The molecule has 0 amide bonds. The van der Waals surface area contributed by atoms with Crippen LogP contribution in [0.3, 0.4) is 0 Å². The number of rotatable bonds is 11. The van der Waals surface area contributed by atoms with Gasteiger partial charge in [-0.25, -0.2) is 4.57 Å². The first kappa shape index (κ1) is 25.5. The van der Waals surface area contributed by atoms with Crippen LogP contribution in [0.25, 0.3) is 0 Å². The van der Waals surface area contributed by atoms with Crippen molar-refractivity contribution in [2.45, 2.75) is 66.4 Å². The lowest BCUT2D eigenvalue weighted by atomic mass is 9.86. The number of aromatic hydroxyl groups is 1. The van der Waals surface area contributed by atoms with Crippen LogP contribution < -0.4 is 5.73 Å². The summed E-state index contributed by atoms with van der Waals surface area (Å²) >= 11 is 7.92. The lowest BCUT2D eigenvalue weighted by Gasteiger charge is -2.33. The van der Waals surface area contributed by atoms with Gasteiger partial charge in [-0.2, -0.15) is 0 Å². The van der Waals surface area contributed by atoms with Gasteiger partial charge in [0.05, 0.1) is 23.1 Å². The molecule has 0 saturated heterocycles. The van der Waals surface area contributed by atoms with Gasteiger partial charge in [-0.3, -0.25) is 4.52 Å². The quantitative estimate of drug-likeness (QED) is 0.282. The van der Waals surface area contributed by atoms with Gasteiger partial charge < -0.3 is 25.7 Å². The van der Waals surface area contributed by atoms with E-state index in [1.807, 2.05) is 30.3 Å². The summed E-state index contributed by atoms with van der Waals surface area (Å²) in [5.74, 6) is 0.816. The third-order valence-electron chi connectivity index (χ3n) is 5.70. The zero-order valence-corrected chi connectivity index (χ0v) is 20.2. The van der Waals surface area contributed by atoms with E-state index in [4.69, 9.17) is 27.1 Å². The van der Waals surface area contributed by atoms with Gasteiger partial charge in [0.15, 0.2) is 0 Å². The van der Waals surface area contributed by atoms with E-state index >= 15 is 0 Å². The maximum absolute atomic E-state index is 11.1. The number of halogens is 1. The lowest BCUT2D eigenvalue weighted by Crippen LogP contribution is -2.54. The highest BCUT2D eigenvalue weighted by Gasteiger charge is 2.35. The van der Waals surface area contributed by atoms with Crippen LogP contribution in [0.2, 0.25) is 5.02 Å². The van der Waals surface area contributed by atoms with Crippen LogP contribution in [-0.2, 0) is 15.5 Å². The van der Waals surface area contributed by atoms with Crippen molar-refractivity contribution in [3.63, 3.8) is 0 Å². The number of nitrogens with two attached hydrogens (primary N) is 1. The Bertz CT molecular complexity index is 998. The van der Waals surface area contributed by atoms with Crippen LogP contribution in [0.5, 0.6) is 5.75 Å². The number of aryl methyl sites for hydroxylation is 1. The average Bonchev–Trinajstić information content (AvgIpc) is 3.57. The molecular formula is C22H29ClNO6PS. The predicted molar refractivity (Wildman–Crippen MR) is 125 cm³/mol. The number of benzene rings is 2. The van der Waals surface area contributed by atoms with Crippen molar-refractivity contribution in [3.8, 4) is 5.75 Å². The second kappa shape index (κ2) is 10.5. The van der Waals surface area contributed by atoms with Crippen LogP contribution in [-0.4, -0.2) is 38.2 Å². The monoisotopic (exact) mass is 501 g/mol. The van der Waals surface area contributed by atoms with Crippen molar-refractivity contribution in [2.24, 2.45) is 5.73 Å². The molecule has 1 aliphatic carbocycles. The average molecular weight is 502 g/mol. The van der Waals surface area contributed by atoms with E-state index in [0.29, 0.717) is 23.8 Å². The number of aliphatic hydroxyl groups excluding tert-OH is 1. The number of hydrogen-bond donors (Lipinski definition) is 5. The fraction of sp³-hybridized carbons (Fsp3) is 0.455. The Morgan fingerprint density at radius 3 is 2.59 bits per heavy atom. The topological polar surface area (TPSA) is 133 Å². The number of phenolic OH excluding ortho intramolecular Hbond substituents is 1. The molecule has 1 unspecified atom stereocenters. The molecule has 176 valence electrons. The highest BCUT2D eigenvalue weighted by atomic mass is 35.5. The molecule has 1 saturated carbocycles. The van der Waals surface area contributed by atoms with E-state index in [0.717, 1.165) is 15.4 Å². The summed E-state index contributed by atoms with van der Waals surface area (Å²) < 4.78 is 15.7. The number of phosphoric ester groups is 1. The summed E-state index contributed by atoms with van der Waals surface area (Å²) in [4.78, 5) is 19.6. The van der Waals surface area contributed by atoms with E-state index in [-0.39, 0.29) is 12.2 Å². The highest BCUT2D eigenvalue weighted by molar-refractivity contribution is 7.99. The van der Waals surface area contributed by atoms with Crippen LogP contribution in [0.15, 0.2) is 46.2 Å². The molecule has 1 fully saturated rings. The molecule has 2 aromatic rings. The minimum atomic E-state index is -4.71. The van der Waals surface area contributed by atoms with Crippen molar-refractivity contribution >= 4 is 31.2 Å². The summed E-state index contributed by atoms with van der Waals surface area (Å²) in [6.45, 7) is 1.25. The normalized spacial score (nSPS) is 17.2. The number of aliphatic hydroxyl groups is 1. The van der Waals surface area contributed by atoms with Gasteiger partial charge >= 0.3 is 7.82 Å². The minimum Gasteiger partial charge on any atom is -0.507 e. The van der Waals surface area contributed by atoms with Gasteiger partial charge in [0.25, 0.3) is 0 Å². The van der Waals surface area contributed by atoms with Crippen LogP contribution in [0, 0.1) is 0 Å². The highest BCUT2D eigenvalue weighted by Crippen LogP contribution is 2.44. The van der Waals surface area contributed by atoms with Crippen LogP contribution >= 0.6 is 31.2 Å². The number of phenols is 1. The molecule has 0 heterocycles. The molecule has 0 aliphatic heterocycles. The van der Waals surface area contributed by atoms with Gasteiger partial charge in [0.2, 0.25) is 0 Å². The van der Waals surface area contributed by atoms with E-state index < -0.39 is 26.1 Å². The Kier molecular flexibility index (Phi) is 8.34. The molecule has 6 N–H and O–H groups in total. The third kappa shape index (κ3) is 6.95. The smallest absolute Gasteiger partial charge is 0.469 e. The first-order valence-corrected chi connectivity index (χ1v) is 13.2. The van der Waals surface area contributed by atoms with Gasteiger partial charge in [0.1, 0.15) is 5.75 Å². The molecule has 7 nitrogen and oxygen atoms in total. The zero-order chi connectivity index (χ0) is 23.5. The van der Waals surface area contributed by atoms with E-state index in [2.05, 4.69) is 4.52 Å². The summed E-state index contributed by atoms with van der Waals surface area (Å²) in [5.41, 5.74) is 6.95. The summed E-state index contributed by atoms with van der Waals surface area (Å²) in [6, 6.07) is 11.3. The Labute approximate surface area is 197 Å². The summed E-state index contributed by atoms with van der Waals surface area (Å²) in [7, 11) is -4.71. The first-order valence-electron chi connectivity index (χ1n) is 10.5. The third-order valence-corrected chi connectivity index (χ3v) is 7.55. The lowest BCUT2D eigenvalue weighted by molar-refractivity contribution is 0.0336. The minimum absolute atomic E-state index is 0.221. The van der Waals surface area contributed by atoms with Gasteiger partial charge in [-0.15, -0.1) is 0 Å². The molecule has 10 heteroatoms. The SMILES string of the molecule is CCC(O)[C@@](N)(CCc1ccc(Sc2cc(C3CC3)ccc2O)cc1Cl)COP(=O)(O)O. The van der Waals surface area contributed by atoms with Crippen molar-refractivity contribution in [3.05, 3.63) is 52.5 Å². The maximum atomic E-state index is 11.1. The Morgan fingerprint density at radius 1 is 1.28 bits per heavy atom. The molecule has 0 bridgehead atoms. The van der Waals surface area contributed by atoms with E-state index in [9.17, 15) is 14.8 Å². The van der Waals surface area contributed by atoms with E-state index in [1.165, 1.54) is 30.2 Å². The molecule has 0 aromatic heterocycles. The molecule has 3 rings (SSSR count). The molecule has 32 heavy (non-hydrogen) atoms. The predicted octanol–water partition coefficient (Wildman–Crippen LogP) is 4.58. The van der Waals surface area contributed by atoms with Crippen molar-refractivity contribution in [2.75, 3.05) is 6.61 Å². The molecule has 0 spiro atoms. The summed E-state index contributed by atoms with van der Waals surface area (Å²) in [6.07, 6.45) is 2.30. The molecule has 2 aromatic carbocycles.